The highest BCUT2D eigenvalue weighted by Gasteiger charge is 2.35. The van der Waals surface area contributed by atoms with Gasteiger partial charge in [-0.1, -0.05) is 105 Å². The molecule has 0 bridgehead atoms. The summed E-state index contributed by atoms with van der Waals surface area (Å²) in [6.45, 7) is 4.72. The van der Waals surface area contributed by atoms with E-state index in [1.165, 1.54) is 87.5 Å². The first-order valence-electron chi connectivity index (χ1n) is 15.4. The highest BCUT2D eigenvalue weighted by molar-refractivity contribution is 6.34. The zero-order valence-corrected chi connectivity index (χ0v) is 24.6. The largest absolute Gasteiger partial charge is 0.309 e. The van der Waals surface area contributed by atoms with Crippen LogP contribution in [0.1, 0.15) is 25.0 Å². The van der Waals surface area contributed by atoms with Crippen LogP contribution in [0.2, 0.25) is 0 Å². The number of aromatic nitrogens is 2. The molecule has 0 spiro atoms. The van der Waals surface area contributed by atoms with Crippen molar-refractivity contribution in [3.05, 3.63) is 145 Å². The normalized spacial score (nSPS) is 13.9. The van der Waals surface area contributed by atoms with E-state index >= 15 is 0 Å². The van der Waals surface area contributed by atoms with Crippen molar-refractivity contribution in [2.24, 2.45) is 0 Å². The number of fused-ring (bicyclic) bond motifs is 7. The molecule has 0 N–H and O–H groups in total. The molecule has 44 heavy (non-hydrogen) atoms. The van der Waals surface area contributed by atoms with Gasteiger partial charge >= 0.3 is 0 Å². The maximum atomic E-state index is 4.57. The second-order valence-electron chi connectivity index (χ2n) is 12.8. The van der Waals surface area contributed by atoms with Crippen LogP contribution in [-0.2, 0) is 5.41 Å². The van der Waals surface area contributed by atoms with Crippen molar-refractivity contribution in [1.82, 2.24) is 9.55 Å². The lowest BCUT2D eigenvalue weighted by Gasteiger charge is -2.22. The van der Waals surface area contributed by atoms with Gasteiger partial charge in [0.1, 0.15) is 0 Å². The molecule has 0 saturated carbocycles. The van der Waals surface area contributed by atoms with Crippen molar-refractivity contribution in [3.8, 4) is 27.9 Å². The third kappa shape index (κ3) is 2.97. The van der Waals surface area contributed by atoms with E-state index in [1.807, 2.05) is 12.4 Å². The average Bonchev–Trinajstić information content (AvgIpc) is 3.52. The van der Waals surface area contributed by atoms with Gasteiger partial charge in [-0.15, -0.1) is 0 Å². The van der Waals surface area contributed by atoms with Gasteiger partial charge in [-0.05, 0) is 96.0 Å². The zero-order valence-electron chi connectivity index (χ0n) is 24.6. The standard InChI is InChI=1S/C42H28N2/c1-42(2)35-11-7-6-10-30(35)31-17-14-26(22-36(31)42)29-16-12-25-13-19-33-40-27(15-18-32(29)39(25)40)23-38-41(33)34-24-43-21-20-37(34)44(38)28-8-4-3-5-9-28/h3-24H,1-2H3. The SMILES string of the molecule is CC1(C)c2ccccc2-c2ccc(-c3ccc4ccc5c6c(ccc3c46)cc3c5c4cnccc4n3-c3ccccc3)cc21. The third-order valence-corrected chi connectivity index (χ3v) is 10.2. The van der Waals surface area contributed by atoms with Crippen molar-refractivity contribution >= 4 is 54.1 Å². The Morgan fingerprint density at radius 3 is 2.16 bits per heavy atom. The van der Waals surface area contributed by atoms with Crippen LogP contribution in [0.25, 0.3) is 82.1 Å². The molecule has 7 aromatic carbocycles. The van der Waals surface area contributed by atoms with Gasteiger partial charge in [0.05, 0.1) is 11.0 Å². The second-order valence-corrected chi connectivity index (χ2v) is 12.8. The molecular weight excluding hydrogens is 532 g/mol. The molecule has 1 aliphatic carbocycles. The fourth-order valence-corrected chi connectivity index (χ4v) is 8.20. The molecule has 2 nitrogen and oxygen atoms in total. The maximum absolute atomic E-state index is 4.57. The number of pyridine rings is 1. The van der Waals surface area contributed by atoms with Crippen LogP contribution in [-0.4, -0.2) is 9.55 Å². The van der Waals surface area contributed by atoms with Crippen LogP contribution in [0, 0.1) is 0 Å². The first-order valence-corrected chi connectivity index (χ1v) is 15.4. The molecular formula is C42H28N2. The van der Waals surface area contributed by atoms with Crippen LogP contribution in [0.15, 0.2) is 134 Å². The van der Waals surface area contributed by atoms with E-state index < -0.39 is 0 Å². The van der Waals surface area contributed by atoms with E-state index in [0.717, 1.165) is 5.69 Å². The molecule has 0 unspecified atom stereocenters. The van der Waals surface area contributed by atoms with E-state index in [0.29, 0.717) is 0 Å². The maximum Gasteiger partial charge on any atom is 0.0572 e. The molecule has 10 rings (SSSR count). The number of para-hydroxylation sites is 1. The quantitative estimate of drug-likeness (QED) is 0.192. The Bertz CT molecular complexity index is 2620. The van der Waals surface area contributed by atoms with E-state index in [4.69, 9.17) is 0 Å². The first kappa shape index (κ1) is 24.0. The Hall–Kier alpha value is -5.47. The zero-order chi connectivity index (χ0) is 29.2. The number of nitrogens with zero attached hydrogens (tertiary/aromatic N) is 2. The van der Waals surface area contributed by atoms with Crippen LogP contribution in [0.4, 0.5) is 0 Å². The smallest absolute Gasteiger partial charge is 0.0572 e. The minimum Gasteiger partial charge on any atom is -0.309 e. The van der Waals surface area contributed by atoms with Gasteiger partial charge in [-0.2, -0.15) is 0 Å². The van der Waals surface area contributed by atoms with Crippen LogP contribution in [0.5, 0.6) is 0 Å². The monoisotopic (exact) mass is 560 g/mol. The van der Waals surface area contributed by atoms with Crippen molar-refractivity contribution in [1.29, 1.82) is 0 Å². The molecule has 0 saturated heterocycles. The highest BCUT2D eigenvalue weighted by Crippen LogP contribution is 2.50. The van der Waals surface area contributed by atoms with Crippen molar-refractivity contribution in [2.75, 3.05) is 0 Å². The summed E-state index contributed by atoms with van der Waals surface area (Å²) in [6, 6.07) is 45.1. The van der Waals surface area contributed by atoms with E-state index in [9.17, 15) is 0 Å². The van der Waals surface area contributed by atoms with Crippen LogP contribution < -0.4 is 0 Å². The molecule has 1 aliphatic rings. The lowest BCUT2D eigenvalue weighted by atomic mass is 9.81. The summed E-state index contributed by atoms with van der Waals surface area (Å²) < 4.78 is 2.39. The molecule has 0 radical (unpaired) electrons. The Morgan fingerprint density at radius 2 is 1.25 bits per heavy atom. The van der Waals surface area contributed by atoms with Gasteiger partial charge in [0.2, 0.25) is 0 Å². The minimum atomic E-state index is -0.0294. The molecule has 9 aromatic rings. The molecule has 2 heterocycles. The third-order valence-electron chi connectivity index (χ3n) is 10.2. The molecule has 0 amide bonds. The molecule has 206 valence electrons. The topological polar surface area (TPSA) is 17.8 Å². The predicted octanol–water partition coefficient (Wildman–Crippen LogP) is 11.0. The fourth-order valence-electron chi connectivity index (χ4n) is 8.20. The number of hydrogen-bond donors (Lipinski definition) is 0. The molecule has 0 atom stereocenters. The van der Waals surface area contributed by atoms with Crippen molar-refractivity contribution in [2.45, 2.75) is 19.3 Å². The Balaban J connectivity index is 1.27. The predicted molar refractivity (Wildman–Crippen MR) is 185 cm³/mol. The summed E-state index contributed by atoms with van der Waals surface area (Å²) in [5, 5.41) is 10.3. The highest BCUT2D eigenvalue weighted by atomic mass is 15.0. The lowest BCUT2D eigenvalue weighted by Crippen LogP contribution is -2.14. The Labute approximate surface area is 255 Å². The average molecular weight is 561 g/mol. The molecule has 2 heteroatoms. The van der Waals surface area contributed by atoms with E-state index in [-0.39, 0.29) is 5.41 Å². The summed E-state index contributed by atoms with van der Waals surface area (Å²) in [5.74, 6) is 0. The van der Waals surface area contributed by atoms with Crippen LogP contribution >= 0.6 is 0 Å². The molecule has 0 fully saturated rings. The first-order chi connectivity index (χ1) is 21.6. The van der Waals surface area contributed by atoms with Crippen molar-refractivity contribution < 1.29 is 0 Å². The summed E-state index contributed by atoms with van der Waals surface area (Å²) in [4.78, 5) is 4.57. The summed E-state index contributed by atoms with van der Waals surface area (Å²) in [7, 11) is 0. The molecule has 2 aromatic heterocycles. The Kier molecular flexibility index (Phi) is 4.55. The number of rotatable bonds is 2. The fraction of sp³-hybridized carbons (Fsp3) is 0.0714. The summed E-state index contributed by atoms with van der Waals surface area (Å²) in [5.41, 5.74) is 11.6. The van der Waals surface area contributed by atoms with Gasteiger partial charge < -0.3 is 4.57 Å². The Morgan fingerprint density at radius 1 is 0.523 bits per heavy atom. The minimum absolute atomic E-state index is 0.0294. The van der Waals surface area contributed by atoms with E-state index in [1.54, 1.807) is 0 Å². The van der Waals surface area contributed by atoms with E-state index in [2.05, 4.69) is 145 Å². The summed E-state index contributed by atoms with van der Waals surface area (Å²) >= 11 is 0. The van der Waals surface area contributed by atoms with Crippen molar-refractivity contribution in [3.63, 3.8) is 0 Å². The van der Waals surface area contributed by atoms with Gasteiger partial charge in [-0.25, -0.2) is 0 Å². The van der Waals surface area contributed by atoms with Gasteiger partial charge in [0, 0.05) is 34.3 Å². The van der Waals surface area contributed by atoms with Gasteiger partial charge in [-0.3, -0.25) is 4.98 Å². The second kappa shape index (κ2) is 8.33. The van der Waals surface area contributed by atoms with Gasteiger partial charge in [0.25, 0.3) is 0 Å². The number of benzene rings is 7. The lowest BCUT2D eigenvalue weighted by molar-refractivity contribution is 0.660. The number of hydrogen-bond acceptors (Lipinski definition) is 1. The van der Waals surface area contributed by atoms with Gasteiger partial charge in [0.15, 0.2) is 0 Å². The summed E-state index contributed by atoms with van der Waals surface area (Å²) in [6.07, 6.45) is 3.93. The van der Waals surface area contributed by atoms with Crippen LogP contribution in [0.3, 0.4) is 0 Å². The molecule has 0 aliphatic heterocycles.